The van der Waals surface area contributed by atoms with E-state index in [0.29, 0.717) is 0 Å². The Morgan fingerprint density at radius 3 is 2.48 bits per heavy atom. The van der Waals surface area contributed by atoms with Gasteiger partial charge in [-0.3, -0.25) is 5.43 Å². The van der Waals surface area contributed by atoms with E-state index in [-0.39, 0.29) is 5.82 Å². The van der Waals surface area contributed by atoms with E-state index < -0.39 is 11.7 Å². The van der Waals surface area contributed by atoms with E-state index in [1.54, 1.807) is 6.21 Å². The lowest BCUT2D eigenvalue weighted by Crippen LogP contribution is -2.05. The van der Waals surface area contributed by atoms with Crippen molar-refractivity contribution in [2.45, 2.75) is 20.0 Å². The van der Waals surface area contributed by atoms with E-state index in [1.165, 1.54) is 6.07 Å². The van der Waals surface area contributed by atoms with Crippen molar-refractivity contribution in [3.8, 4) is 0 Å². The lowest BCUT2D eigenvalue weighted by Gasteiger charge is -2.06. The number of rotatable bonds is 3. The van der Waals surface area contributed by atoms with Crippen LogP contribution in [-0.4, -0.2) is 15.8 Å². The molecule has 7 heteroatoms. The van der Waals surface area contributed by atoms with Gasteiger partial charge in [-0.05, 0) is 32.0 Å². The number of anilines is 1. The third-order valence-electron chi connectivity index (χ3n) is 3.29. The van der Waals surface area contributed by atoms with Gasteiger partial charge in [-0.25, -0.2) is 4.98 Å². The fraction of sp³-hybridized carbons (Fsp3) is 0.286. The normalized spacial score (nSPS) is 12.1. The number of hydrogen-bond acceptors (Lipinski definition) is 3. The molecule has 4 nitrogen and oxygen atoms in total. The smallest absolute Gasteiger partial charge is 0.352 e. The van der Waals surface area contributed by atoms with E-state index >= 15 is 0 Å². The molecule has 2 rings (SSSR count). The molecule has 2 aromatic rings. The molecule has 0 aromatic carbocycles. The van der Waals surface area contributed by atoms with Crippen molar-refractivity contribution in [2.75, 3.05) is 5.43 Å². The monoisotopic (exact) mass is 296 g/mol. The first kappa shape index (κ1) is 15.1. The van der Waals surface area contributed by atoms with Crippen LogP contribution in [0.3, 0.4) is 0 Å². The lowest BCUT2D eigenvalue weighted by atomic mass is 10.3. The summed E-state index contributed by atoms with van der Waals surface area (Å²) in [4.78, 5) is 3.67. The highest BCUT2D eigenvalue weighted by Crippen LogP contribution is 2.28. The van der Waals surface area contributed by atoms with Gasteiger partial charge in [0.15, 0.2) is 0 Å². The van der Waals surface area contributed by atoms with Gasteiger partial charge in [0.05, 0.1) is 11.8 Å². The average Bonchev–Trinajstić information content (AvgIpc) is 2.66. The molecule has 0 fully saturated rings. The van der Waals surface area contributed by atoms with E-state index in [2.05, 4.69) is 15.5 Å². The summed E-state index contributed by atoms with van der Waals surface area (Å²) in [6, 6.07) is 4.17. The van der Waals surface area contributed by atoms with Crippen LogP contribution in [-0.2, 0) is 13.2 Å². The second-order valence-electron chi connectivity index (χ2n) is 4.69. The lowest BCUT2D eigenvalue weighted by molar-refractivity contribution is -0.137. The minimum Gasteiger partial charge on any atom is -0.352 e. The number of hydrazone groups is 1. The predicted octanol–water partition coefficient (Wildman–Crippen LogP) is 3.50. The summed E-state index contributed by atoms with van der Waals surface area (Å²) in [6.07, 6.45) is -2.00. The highest BCUT2D eigenvalue weighted by Gasteiger charge is 2.30. The second kappa shape index (κ2) is 5.59. The Morgan fingerprint density at radius 1 is 1.29 bits per heavy atom. The van der Waals surface area contributed by atoms with Crippen molar-refractivity contribution in [1.82, 2.24) is 9.55 Å². The topological polar surface area (TPSA) is 42.2 Å². The van der Waals surface area contributed by atoms with Crippen LogP contribution in [0.5, 0.6) is 0 Å². The number of aryl methyl sites for hydroxylation is 1. The summed E-state index contributed by atoms with van der Waals surface area (Å²) >= 11 is 0. The number of pyridine rings is 1. The van der Waals surface area contributed by atoms with Crippen LogP contribution >= 0.6 is 0 Å². The molecule has 0 saturated carbocycles. The quantitative estimate of drug-likeness (QED) is 0.696. The minimum atomic E-state index is -4.38. The summed E-state index contributed by atoms with van der Waals surface area (Å²) in [7, 11) is 1.95. The molecule has 0 spiro atoms. The fourth-order valence-corrected chi connectivity index (χ4v) is 1.81. The van der Waals surface area contributed by atoms with Gasteiger partial charge in [-0.15, -0.1) is 0 Å². The van der Waals surface area contributed by atoms with E-state index in [1.807, 2.05) is 31.5 Å². The Morgan fingerprint density at radius 2 is 2.00 bits per heavy atom. The standard InChI is InChI=1S/C14H15F3N4/c1-9-6-11(10(2)21(9)3)7-19-20-13-5-4-12(8-18-13)14(15,16)17/h4-8H,1-3H3,(H,18,20)/b19-7-. The van der Waals surface area contributed by atoms with Crippen LogP contribution in [0, 0.1) is 13.8 Å². The van der Waals surface area contributed by atoms with Gasteiger partial charge in [0, 0.05) is 30.2 Å². The molecule has 0 bridgehead atoms. The first-order chi connectivity index (χ1) is 9.79. The van der Waals surface area contributed by atoms with Crippen LogP contribution in [0.15, 0.2) is 29.5 Å². The molecule has 0 aliphatic heterocycles. The number of nitrogens with one attached hydrogen (secondary N) is 1. The summed E-state index contributed by atoms with van der Waals surface area (Å²) in [5, 5.41) is 3.99. The van der Waals surface area contributed by atoms with Gasteiger partial charge in [0.25, 0.3) is 0 Å². The highest BCUT2D eigenvalue weighted by atomic mass is 19.4. The third-order valence-corrected chi connectivity index (χ3v) is 3.29. The zero-order valence-electron chi connectivity index (χ0n) is 11.9. The summed E-state index contributed by atoms with van der Waals surface area (Å²) in [5.41, 5.74) is 4.92. The Labute approximate surface area is 120 Å². The maximum Gasteiger partial charge on any atom is 0.417 e. The average molecular weight is 296 g/mol. The number of aromatic nitrogens is 2. The maximum atomic E-state index is 12.4. The largest absolute Gasteiger partial charge is 0.417 e. The minimum absolute atomic E-state index is 0.254. The van der Waals surface area contributed by atoms with E-state index in [0.717, 1.165) is 29.2 Å². The molecular formula is C14H15F3N4. The molecule has 2 aromatic heterocycles. The van der Waals surface area contributed by atoms with Crippen LogP contribution in [0.1, 0.15) is 22.5 Å². The molecule has 1 N–H and O–H groups in total. The van der Waals surface area contributed by atoms with Crippen molar-refractivity contribution in [2.24, 2.45) is 12.1 Å². The number of hydrogen-bond donors (Lipinski definition) is 1. The molecule has 0 unspecified atom stereocenters. The van der Waals surface area contributed by atoms with E-state index in [4.69, 9.17) is 0 Å². The molecule has 21 heavy (non-hydrogen) atoms. The number of nitrogens with zero attached hydrogens (tertiary/aromatic N) is 3. The molecule has 0 radical (unpaired) electrons. The van der Waals surface area contributed by atoms with Crippen LogP contribution in [0.4, 0.5) is 19.0 Å². The van der Waals surface area contributed by atoms with Crippen LogP contribution in [0.2, 0.25) is 0 Å². The molecule has 0 atom stereocenters. The van der Waals surface area contributed by atoms with Crippen LogP contribution in [0.25, 0.3) is 0 Å². The van der Waals surface area contributed by atoms with Gasteiger partial charge in [-0.2, -0.15) is 18.3 Å². The van der Waals surface area contributed by atoms with E-state index in [9.17, 15) is 13.2 Å². The predicted molar refractivity (Wildman–Crippen MR) is 75.3 cm³/mol. The summed E-state index contributed by atoms with van der Waals surface area (Å²) in [5.74, 6) is 0.254. The number of halogens is 3. The highest BCUT2D eigenvalue weighted by molar-refractivity contribution is 5.82. The van der Waals surface area contributed by atoms with Crippen molar-refractivity contribution >= 4 is 12.0 Å². The third kappa shape index (κ3) is 3.42. The fourth-order valence-electron chi connectivity index (χ4n) is 1.81. The Balaban J connectivity index is 2.06. The van der Waals surface area contributed by atoms with Crippen molar-refractivity contribution in [1.29, 1.82) is 0 Å². The Hall–Kier alpha value is -2.31. The molecule has 0 aliphatic rings. The Bertz CT molecular complexity index is 654. The summed E-state index contributed by atoms with van der Waals surface area (Å²) < 4.78 is 39.2. The first-order valence-electron chi connectivity index (χ1n) is 6.24. The van der Waals surface area contributed by atoms with Gasteiger partial charge in [0.2, 0.25) is 0 Å². The van der Waals surface area contributed by atoms with Gasteiger partial charge in [-0.1, -0.05) is 0 Å². The summed E-state index contributed by atoms with van der Waals surface area (Å²) in [6.45, 7) is 3.94. The molecule has 0 amide bonds. The number of alkyl halides is 3. The van der Waals surface area contributed by atoms with Crippen molar-refractivity contribution in [3.63, 3.8) is 0 Å². The second-order valence-corrected chi connectivity index (χ2v) is 4.69. The van der Waals surface area contributed by atoms with Gasteiger partial charge in [0.1, 0.15) is 5.82 Å². The molecule has 2 heterocycles. The molecule has 112 valence electrons. The van der Waals surface area contributed by atoms with Crippen LogP contribution < -0.4 is 5.43 Å². The van der Waals surface area contributed by atoms with Gasteiger partial charge >= 0.3 is 6.18 Å². The SMILES string of the molecule is Cc1cc(/C=N\Nc2ccc(C(F)(F)F)cn2)c(C)n1C. The maximum absolute atomic E-state index is 12.4. The zero-order chi connectivity index (χ0) is 15.6. The first-order valence-corrected chi connectivity index (χ1v) is 6.24. The Kier molecular flexibility index (Phi) is 4.02. The molecule has 0 saturated heterocycles. The van der Waals surface area contributed by atoms with Gasteiger partial charge < -0.3 is 4.57 Å². The molecule has 0 aliphatic carbocycles. The zero-order valence-corrected chi connectivity index (χ0v) is 11.9. The van der Waals surface area contributed by atoms with Crippen molar-refractivity contribution in [3.05, 3.63) is 46.9 Å². The molecular weight excluding hydrogens is 281 g/mol. The van der Waals surface area contributed by atoms with Crippen molar-refractivity contribution < 1.29 is 13.2 Å².